The van der Waals surface area contributed by atoms with Gasteiger partial charge in [0.15, 0.2) is 11.5 Å². The van der Waals surface area contributed by atoms with Crippen LogP contribution in [0.3, 0.4) is 0 Å². The molecule has 0 aliphatic carbocycles. The second-order valence-corrected chi connectivity index (χ2v) is 3.75. The molecule has 0 bridgehead atoms. The second-order valence-electron chi connectivity index (χ2n) is 3.75. The zero-order valence-corrected chi connectivity index (χ0v) is 9.71. The number of nitrogens with zero attached hydrogens (tertiary/aromatic N) is 4. The Morgan fingerprint density at radius 3 is 2.76 bits per heavy atom. The summed E-state index contributed by atoms with van der Waals surface area (Å²) in [5.74, 6) is 0.340. The van der Waals surface area contributed by atoms with Gasteiger partial charge in [0.2, 0.25) is 5.95 Å². The molecule has 7 nitrogen and oxygen atoms in total. The molecule has 90 valence electrons. The van der Waals surface area contributed by atoms with Crippen molar-refractivity contribution in [3.8, 4) is 0 Å². The van der Waals surface area contributed by atoms with Crippen LogP contribution in [-0.4, -0.2) is 33.1 Å². The summed E-state index contributed by atoms with van der Waals surface area (Å²) in [6, 6.07) is 0. The summed E-state index contributed by atoms with van der Waals surface area (Å²) in [5, 5.41) is 0. The molecule has 17 heavy (non-hydrogen) atoms. The lowest BCUT2D eigenvalue weighted by molar-refractivity contribution is 0.118. The molecule has 0 aliphatic rings. The van der Waals surface area contributed by atoms with E-state index < -0.39 is 0 Å². The van der Waals surface area contributed by atoms with Crippen LogP contribution in [0.1, 0.15) is 12.6 Å². The topological polar surface area (TPSA) is 113 Å². The highest BCUT2D eigenvalue weighted by molar-refractivity contribution is 5.81. The number of fused-ring (bicyclic) bond motifs is 1. The molecule has 0 aromatic carbocycles. The lowest BCUT2D eigenvalue weighted by Crippen LogP contribution is -2.11. The number of aromatic nitrogens is 4. The quantitative estimate of drug-likeness (QED) is 0.777. The Balaban J connectivity index is 2.43. The zero-order valence-electron chi connectivity index (χ0n) is 9.71. The first-order valence-electron chi connectivity index (χ1n) is 5.17. The molecule has 1 unspecified atom stereocenters. The van der Waals surface area contributed by atoms with Crippen LogP contribution in [0, 0.1) is 0 Å². The van der Waals surface area contributed by atoms with Crippen LogP contribution in [0.15, 0.2) is 6.20 Å². The Labute approximate surface area is 98.2 Å². The van der Waals surface area contributed by atoms with E-state index in [2.05, 4.69) is 19.9 Å². The van der Waals surface area contributed by atoms with Crippen LogP contribution in [0.2, 0.25) is 0 Å². The molecule has 2 rings (SSSR count). The fourth-order valence-electron chi connectivity index (χ4n) is 1.46. The molecule has 2 aromatic rings. The van der Waals surface area contributed by atoms with Crippen LogP contribution < -0.4 is 11.5 Å². The molecular formula is C10H14N6O. The van der Waals surface area contributed by atoms with E-state index in [0.29, 0.717) is 17.6 Å². The SMILES string of the molecule is COC(C)Cc1cnc2c(N)nc(N)nc2n1. The van der Waals surface area contributed by atoms with E-state index in [1.165, 1.54) is 0 Å². The first-order chi connectivity index (χ1) is 8.10. The molecular weight excluding hydrogens is 220 g/mol. The number of nitrogens with two attached hydrogens (primary N) is 2. The summed E-state index contributed by atoms with van der Waals surface area (Å²) in [6.07, 6.45) is 2.37. The molecule has 0 fully saturated rings. The van der Waals surface area contributed by atoms with Gasteiger partial charge in [0.05, 0.1) is 11.8 Å². The Hall–Kier alpha value is -2.02. The first kappa shape index (κ1) is 11.5. The lowest BCUT2D eigenvalue weighted by Gasteiger charge is -2.08. The van der Waals surface area contributed by atoms with Gasteiger partial charge in [-0.2, -0.15) is 9.97 Å². The van der Waals surface area contributed by atoms with Gasteiger partial charge >= 0.3 is 0 Å². The van der Waals surface area contributed by atoms with Crippen LogP contribution in [0.25, 0.3) is 11.2 Å². The van der Waals surface area contributed by atoms with Gasteiger partial charge in [-0.1, -0.05) is 0 Å². The van der Waals surface area contributed by atoms with Crippen LogP contribution >= 0.6 is 0 Å². The summed E-state index contributed by atoms with van der Waals surface area (Å²) < 4.78 is 5.16. The van der Waals surface area contributed by atoms with Crippen molar-refractivity contribution in [2.24, 2.45) is 0 Å². The fraction of sp³-hybridized carbons (Fsp3) is 0.400. The van der Waals surface area contributed by atoms with Gasteiger partial charge in [0.1, 0.15) is 5.52 Å². The molecule has 4 N–H and O–H groups in total. The zero-order chi connectivity index (χ0) is 12.4. The molecule has 2 aromatic heterocycles. The van der Waals surface area contributed by atoms with Crippen LogP contribution in [0.4, 0.5) is 11.8 Å². The van der Waals surface area contributed by atoms with Gasteiger partial charge in [-0.15, -0.1) is 0 Å². The standard InChI is InChI=1S/C10H14N6O/c1-5(17-2)3-6-4-13-7-8(11)15-10(12)16-9(7)14-6/h4-5H,3H2,1-2H3,(H4,11,12,14,15,16). The second kappa shape index (κ2) is 4.46. The lowest BCUT2D eigenvalue weighted by atomic mass is 10.2. The van der Waals surface area contributed by atoms with Gasteiger partial charge in [-0.25, -0.2) is 9.97 Å². The van der Waals surface area contributed by atoms with Crippen molar-refractivity contribution in [3.63, 3.8) is 0 Å². The van der Waals surface area contributed by atoms with E-state index in [4.69, 9.17) is 16.2 Å². The maximum Gasteiger partial charge on any atom is 0.224 e. The van der Waals surface area contributed by atoms with Crippen molar-refractivity contribution >= 4 is 22.9 Å². The van der Waals surface area contributed by atoms with Crippen molar-refractivity contribution < 1.29 is 4.74 Å². The van der Waals surface area contributed by atoms with E-state index in [-0.39, 0.29) is 17.9 Å². The third-order valence-corrected chi connectivity index (χ3v) is 2.40. The Bertz CT molecular complexity index is 544. The fourth-order valence-corrected chi connectivity index (χ4v) is 1.46. The molecule has 0 amide bonds. The smallest absolute Gasteiger partial charge is 0.224 e. The predicted octanol–water partition coefficient (Wildman–Crippen LogP) is 0.162. The van der Waals surface area contributed by atoms with E-state index >= 15 is 0 Å². The number of rotatable bonds is 3. The van der Waals surface area contributed by atoms with Crippen molar-refractivity contribution in [2.75, 3.05) is 18.6 Å². The number of hydrogen-bond acceptors (Lipinski definition) is 7. The van der Waals surface area contributed by atoms with Gasteiger partial charge in [-0.05, 0) is 6.92 Å². The normalized spacial score (nSPS) is 12.8. The molecule has 0 aliphatic heterocycles. The van der Waals surface area contributed by atoms with Gasteiger partial charge in [0.25, 0.3) is 0 Å². The third kappa shape index (κ3) is 2.39. The number of nitrogen functional groups attached to an aromatic ring is 2. The summed E-state index contributed by atoms with van der Waals surface area (Å²) in [6.45, 7) is 1.95. The molecule has 2 heterocycles. The van der Waals surface area contributed by atoms with Crippen molar-refractivity contribution in [3.05, 3.63) is 11.9 Å². The highest BCUT2D eigenvalue weighted by Crippen LogP contribution is 2.14. The van der Waals surface area contributed by atoms with E-state index in [9.17, 15) is 0 Å². The maximum absolute atomic E-state index is 5.68. The minimum absolute atomic E-state index is 0.0679. The van der Waals surface area contributed by atoms with E-state index in [1.807, 2.05) is 6.92 Å². The Kier molecular flexibility index (Phi) is 3.01. The minimum Gasteiger partial charge on any atom is -0.382 e. The third-order valence-electron chi connectivity index (χ3n) is 2.40. The predicted molar refractivity (Wildman–Crippen MR) is 64.1 cm³/mol. The molecule has 0 saturated carbocycles. The highest BCUT2D eigenvalue weighted by atomic mass is 16.5. The molecule has 0 radical (unpaired) electrons. The molecule has 0 spiro atoms. The van der Waals surface area contributed by atoms with Crippen molar-refractivity contribution in [1.29, 1.82) is 0 Å². The van der Waals surface area contributed by atoms with Crippen LogP contribution in [-0.2, 0) is 11.2 Å². The number of methoxy groups -OCH3 is 1. The van der Waals surface area contributed by atoms with Gasteiger partial charge in [0, 0.05) is 19.7 Å². The summed E-state index contributed by atoms with van der Waals surface area (Å²) in [5.41, 5.74) is 12.8. The van der Waals surface area contributed by atoms with Crippen LogP contribution in [0.5, 0.6) is 0 Å². The average molecular weight is 234 g/mol. The Morgan fingerprint density at radius 2 is 2.06 bits per heavy atom. The minimum atomic E-state index is 0.0679. The largest absolute Gasteiger partial charge is 0.382 e. The number of ether oxygens (including phenoxy) is 1. The highest BCUT2D eigenvalue weighted by Gasteiger charge is 2.09. The average Bonchev–Trinajstić information content (AvgIpc) is 2.28. The van der Waals surface area contributed by atoms with Gasteiger partial charge < -0.3 is 16.2 Å². The molecule has 7 heteroatoms. The molecule has 0 saturated heterocycles. The Morgan fingerprint density at radius 1 is 1.29 bits per heavy atom. The maximum atomic E-state index is 5.68. The van der Waals surface area contributed by atoms with Gasteiger partial charge in [-0.3, -0.25) is 0 Å². The monoisotopic (exact) mass is 234 g/mol. The van der Waals surface area contributed by atoms with E-state index in [0.717, 1.165) is 5.69 Å². The number of anilines is 2. The summed E-state index contributed by atoms with van der Waals surface area (Å²) in [7, 11) is 1.65. The molecule has 1 atom stereocenters. The van der Waals surface area contributed by atoms with Crippen molar-refractivity contribution in [1.82, 2.24) is 19.9 Å². The van der Waals surface area contributed by atoms with Crippen molar-refractivity contribution in [2.45, 2.75) is 19.4 Å². The summed E-state index contributed by atoms with van der Waals surface area (Å²) in [4.78, 5) is 16.3. The van der Waals surface area contributed by atoms with E-state index in [1.54, 1.807) is 13.3 Å². The number of hydrogen-bond donors (Lipinski definition) is 2. The summed E-state index contributed by atoms with van der Waals surface area (Å²) >= 11 is 0. The first-order valence-corrected chi connectivity index (χ1v) is 5.17.